The molecular weight excluding hydrogens is 406 g/mol. The van der Waals surface area contributed by atoms with Gasteiger partial charge in [-0.25, -0.2) is 0 Å². The number of ether oxygens (including phenoxy) is 4. The predicted molar refractivity (Wildman–Crippen MR) is 124 cm³/mol. The van der Waals surface area contributed by atoms with Crippen LogP contribution in [0.15, 0.2) is 41.6 Å². The lowest BCUT2D eigenvalue weighted by Crippen LogP contribution is -2.34. The number of fused-ring (bicyclic) bond motifs is 1. The minimum atomic E-state index is -0.282. The number of anilines is 1. The zero-order chi connectivity index (χ0) is 23.0. The standard InChI is InChI=1S/C26H31NO5/c1-7-32-16-10-8-15(9-11-16)21-22-18(13-26(2,3)14-19(22)28)27-17-12-20(29-4)24(30-5)25(31-6)23(17)21/h8-12,21,27H,7,13-14H2,1-6H3. The van der Waals surface area contributed by atoms with Crippen LogP contribution in [0.5, 0.6) is 23.0 Å². The molecule has 0 bridgehead atoms. The molecule has 1 aliphatic carbocycles. The molecule has 6 nitrogen and oxygen atoms in total. The summed E-state index contributed by atoms with van der Waals surface area (Å²) in [5.41, 5.74) is 4.40. The Labute approximate surface area is 189 Å². The van der Waals surface area contributed by atoms with E-state index in [1.807, 2.05) is 37.3 Å². The molecule has 6 heteroatoms. The Morgan fingerprint density at radius 3 is 2.28 bits per heavy atom. The van der Waals surface area contributed by atoms with Crippen molar-refractivity contribution in [3.8, 4) is 23.0 Å². The van der Waals surface area contributed by atoms with Crippen molar-refractivity contribution in [1.29, 1.82) is 0 Å². The molecule has 4 rings (SSSR count). The molecule has 0 saturated heterocycles. The molecule has 0 spiro atoms. The molecule has 170 valence electrons. The molecule has 0 radical (unpaired) electrons. The van der Waals surface area contributed by atoms with Crippen molar-refractivity contribution in [2.75, 3.05) is 33.3 Å². The number of carbonyl (C=O) groups is 1. The summed E-state index contributed by atoms with van der Waals surface area (Å²) in [5.74, 6) is 2.33. The van der Waals surface area contributed by atoms with Gasteiger partial charge in [-0.05, 0) is 36.5 Å². The van der Waals surface area contributed by atoms with E-state index in [2.05, 4.69) is 19.2 Å². The molecule has 2 aliphatic rings. The zero-order valence-corrected chi connectivity index (χ0v) is 19.6. The third kappa shape index (κ3) is 3.68. The van der Waals surface area contributed by atoms with Crippen LogP contribution < -0.4 is 24.3 Å². The fourth-order valence-corrected chi connectivity index (χ4v) is 4.91. The summed E-state index contributed by atoms with van der Waals surface area (Å²) in [6.07, 6.45) is 1.30. The lowest BCUT2D eigenvalue weighted by molar-refractivity contribution is -0.118. The Morgan fingerprint density at radius 2 is 1.69 bits per heavy atom. The molecule has 1 heterocycles. The van der Waals surface area contributed by atoms with Crippen LogP contribution in [0.25, 0.3) is 0 Å². The topological polar surface area (TPSA) is 66.0 Å². The zero-order valence-electron chi connectivity index (χ0n) is 19.6. The minimum Gasteiger partial charge on any atom is -0.494 e. The summed E-state index contributed by atoms with van der Waals surface area (Å²) in [7, 11) is 4.81. The van der Waals surface area contributed by atoms with Gasteiger partial charge in [0.15, 0.2) is 17.3 Å². The van der Waals surface area contributed by atoms with E-state index in [9.17, 15) is 4.79 Å². The Hall–Kier alpha value is -3.15. The maximum atomic E-state index is 13.5. The van der Waals surface area contributed by atoms with E-state index in [-0.39, 0.29) is 17.1 Å². The molecule has 32 heavy (non-hydrogen) atoms. The van der Waals surface area contributed by atoms with E-state index in [4.69, 9.17) is 18.9 Å². The molecule has 1 aliphatic heterocycles. The number of hydrogen-bond donors (Lipinski definition) is 1. The quantitative estimate of drug-likeness (QED) is 0.661. The number of allylic oxidation sites excluding steroid dienone is 2. The van der Waals surface area contributed by atoms with Crippen LogP contribution in [0.3, 0.4) is 0 Å². The van der Waals surface area contributed by atoms with E-state index >= 15 is 0 Å². The Bertz CT molecular complexity index is 1070. The van der Waals surface area contributed by atoms with Gasteiger partial charge in [0.2, 0.25) is 5.75 Å². The van der Waals surface area contributed by atoms with Crippen molar-refractivity contribution in [1.82, 2.24) is 0 Å². The highest BCUT2D eigenvalue weighted by Crippen LogP contribution is 2.56. The van der Waals surface area contributed by atoms with Crippen molar-refractivity contribution < 1.29 is 23.7 Å². The molecule has 0 fully saturated rings. The number of rotatable bonds is 6. The van der Waals surface area contributed by atoms with E-state index in [0.717, 1.165) is 40.3 Å². The third-order valence-electron chi connectivity index (χ3n) is 6.18. The molecule has 0 amide bonds. The van der Waals surface area contributed by atoms with Gasteiger partial charge in [0.1, 0.15) is 5.75 Å². The molecule has 2 aromatic carbocycles. The second-order valence-electron chi connectivity index (χ2n) is 9.00. The molecule has 0 saturated carbocycles. The lowest BCUT2D eigenvalue weighted by Gasteiger charge is -2.40. The van der Waals surface area contributed by atoms with Crippen LogP contribution in [0, 0.1) is 5.41 Å². The molecule has 2 aromatic rings. The lowest BCUT2D eigenvalue weighted by atomic mass is 9.68. The van der Waals surface area contributed by atoms with Gasteiger partial charge in [0, 0.05) is 35.2 Å². The number of benzene rings is 2. The number of hydrogen-bond acceptors (Lipinski definition) is 6. The van der Waals surface area contributed by atoms with Gasteiger partial charge in [-0.3, -0.25) is 4.79 Å². The molecule has 0 aromatic heterocycles. The summed E-state index contributed by atoms with van der Waals surface area (Å²) in [5, 5.41) is 3.54. The molecule has 1 atom stereocenters. The smallest absolute Gasteiger partial charge is 0.203 e. The number of ketones is 1. The normalized spacial score (nSPS) is 18.9. The van der Waals surface area contributed by atoms with Gasteiger partial charge in [-0.2, -0.15) is 0 Å². The number of methoxy groups -OCH3 is 3. The first-order chi connectivity index (χ1) is 15.3. The van der Waals surface area contributed by atoms with E-state index in [1.165, 1.54) is 0 Å². The van der Waals surface area contributed by atoms with Crippen LogP contribution in [-0.4, -0.2) is 33.7 Å². The number of carbonyl (C=O) groups excluding carboxylic acids is 1. The average Bonchev–Trinajstić information content (AvgIpc) is 2.76. The van der Waals surface area contributed by atoms with Crippen LogP contribution >= 0.6 is 0 Å². The second-order valence-corrected chi connectivity index (χ2v) is 9.00. The molecule has 1 unspecified atom stereocenters. The van der Waals surface area contributed by atoms with E-state index < -0.39 is 0 Å². The van der Waals surface area contributed by atoms with Crippen LogP contribution in [0.2, 0.25) is 0 Å². The third-order valence-corrected chi connectivity index (χ3v) is 6.18. The Balaban J connectivity index is 1.98. The fourth-order valence-electron chi connectivity index (χ4n) is 4.91. The van der Waals surface area contributed by atoms with Crippen LogP contribution in [-0.2, 0) is 4.79 Å². The van der Waals surface area contributed by atoms with E-state index in [1.54, 1.807) is 21.3 Å². The van der Waals surface area contributed by atoms with Gasteiger partial charge in [0.25, 0.3) is 0 Å². The minimum absolute atomic E-state index is 0.107. The summed E-state index contributed by atoms with van der Waals surface area (Å²) in [4.78, 5) is 13.5. The Morgan fingerprint density at radius 1 is 1.00 bits per heavy atom. The van der Waals surface area contributed by atoms with Gasteiger partial charge in [-0.1, -0.05) is 26.0 Å². The summed E-state index contributed by atoms with van der Waals surface area (Å²) < 4.78 is 22.7. The van der Waals surface area contributed by atoms with Crippen molar-refractivity contribution in [2.24, 2.45) is 5.41 Å². The van der Waals surface area contributed by atoms with Crippen molar-refractivity contribution in [2.45, 2.75) is 39.5 Å². The highest BCUT2D eigenvalue weighted by molar-refractivity contribution is 6.02. The number of Topliss-reactive ketones (excluding diaryl/α,β-unsaturated/α-hetero) is 1. The highest BCUT2D eigenvalue weighted by atomic mass is 16.5. The summed E-state index contributed by atoms with van der Waals surface area (Å²) >= 11 is 0. The van der Waals surface area contributed by atoms with Gasteiger partial charge in [-0.15, -0.1) is 0 Å². The van der Waals surface area contributed by atoms with Crippen molar-refractivity contribution in [3.05, 3.63) is 52.7 Å². The van der Waals surface area contributed by atoms with Crippen molar-refractivity contribution >= 4 is 11.5 Å². The van der Waals surface area contributed by atoms with Gasteiger partial charge < -0.3 is 24.3 Å². The first-order valence-electron chi connectivity index (χ1n) is 10.9. The van der Waals surface area contributed by atoms with Gasteiger partial charge >= 0.3 is 0 Å². The number of nitrogens with one attached hydrogen (secondary N) is 1. The van der Waals surface area contributed by atoms with Gasteiger partial charge in [0.05, 0.1) is 33.6 Å². The predicted octanol–water partition coefficient (Wildman–Crippen LogP) is 5.31. The fraction of sp³-hybridized carbons (Fsp3) is 0.423. The second kappa shape index (κ2) is 8.41. The van der Waals surface area contributed by atoms with E-state index in [0.29, 0.717) is 30.3 Å². The maximum Gasteiger partial charge on any atom is 0.203 e. The van der Waals surface area contributed by atoms with Crippen LogP contribution in [0.4, 0.5) is 5.69 Å². The molecular formula is C26H31NO5. The SMILES string of the molecule is CCOc1ccc(C2C3=C(CC(C)(C)CC3=O)Nc3cc(OC)c(OC)c(OC)c32)cc1. The first-order valence-corrected chi connectivity index (χ1v) is 10.9. The van der Waals surface area contributed by atoms with Crippen molar-refractivity contribution in [3.63, 3.8) is 0 Å². The average molecular weight is 438 g/mol. The summed E-state index contributed by atoms with van der Waals surface area (Å²) in [6.45, 7) is 6.82. The Kier molecular flexibility index (Phi) is 5.80. The monoisotopic (exact) mass is 437 g/mol. The maximum absolute atomic E-state index is 13.5. The largest absolute Gasteiger partial charge is 0.494 e. The highest BCUT2D eigenvalue weighted by Gasteiger charge is 2.43. The summed E-state index contributed by atoms with van der Waals surface area (Å²) in [6, 6.07) is 9.88. The van der Waals surface area contributed by atoms with Crippen LogP contribution in [0.1, 0.15) is 50.7 Å². The molecule has 1 N–H and O–H groups in total. The first kappa shape index (κ1) is 22.1.